The largest absolute Gasteiger partial charge is 0.337 e. The van der Waals surface area contributed by atoms with Gasteiger partial charge in [0.05, 0.1) is 22.8 Å². The topological polar surface area (TPSA) is 131 Å². The molecule has 162 valence electrons. The van der Waals surface area contributed by atoms with Gasteiger partial charge in [0.2, 0.25) is 5.95 Å². The van der Waals surface area contributed by atoms with Crippen molar-refractivity contribution in [1.82, 2.24) is 30.0 Å². The summed E-state index contributed by atoms with van der Waals surface area (Å²) in [6.07, 6.45) is 0. The molecule has 1 fully saturated rings. The molecule has 0 bridgehead atoms. The Hall–Kier alpha value is -4.19. The minimum absolute atomic E-state index is 0.0704. The molecular formula is C20H18N8O4. The maximum absolute atomic E-state index is 12.8. The van der Waals surface area contributed by atoms with Crippen LogP contribution in [-0.2, 0) is 0 Å². The number of amides is 2. The van der Waals surface area contributed by atoms with Gasteiger partial charge in [0, 0.05) is 32.2 Å². The van der Waals surface area contributed by atoms with Gasteiger partial charge >= 0.3 is 0 Å². The summed E-state index contributed by atoms with van der Waals surface area (Å²) < 4.78 is 1.67. The van der Waals surface area contributed by atoms with Crippen LogP contribution in [0.1, 0.15) is 20.7 Å². The zero-order valence-corrected chi connectivity index (χ0v) is 16.9. The third-order valence-corrected chi connectivity index (χ3v) is 5.62. The van der Waals surface area contributed by atoms with Crippen LogP contribution in [0.5, 0.6) is 0 Å². The minimum atomic E-state index is -0.636. The van der Waals surface area contributed by atoms with E-state index in [4.69, 9.17) is 0 Å². The molecule has 1 aromatic heterocycles. The van der Waals surface area contributed by atoms with E-state index < -0.39 is 16.7 Å². The molecule has 2 aliphatic heterocycles. The van der Waals surface area contributed by atoms with Crippen molar-refractivity contribution < 1.29 is 14.5 Å². The van der Waals surface area contributed by atoms with E-state index >= 15 is 0 Å². The van der Waals surface area contributed by atoms with Crippen molar-refractivity contribution in [3.8, 4) is 5.69 Å². The van der Waals surface area contributed by atoms with E-state index in [1.54, 1.807) is 4.68 Å². The van der Waals surface area contributed by atoms with Gasteiger partial charge in [-0.2, -0.15) is 4.68 Å². The third kappa shape index (κ3) is 3.26. The Morgan fingerprint density at radius 1 is 0.938 bits per heavy atom. The molecule has 0 aliphatic carbocycles. The highest BCUT2D eigenvalue weighted by Crippen LogP contribution is 2.31. The van der Waals surface area contributed by atoms with Gasteiger partial charge < -0.3 is 4.90 Å². The van der Waals surface area contributed by atoms with Crippen LogP contribution in [0.2, 0.25) is 0 Å². The summed E-state index contributed by atoms with van der Waals surface area (Å²) in [5.41, 5.74) is 0.441. The summed E-state index contributed by atoms with van der Waals surface area (Å²) in [4.78, 5) is 41.2. The summed E-state index contributed by atoms with van der Waals surface area (Å²) in [6, 6.07) is 13.7. The summed E-state index contributed by atoms with van der Waals surface area (Å²) in [5, 5.41) is 23.3. The van der Waals surface area contributed by atoms with E-state index in [1.165, 1.54) is 18.2 Å². The van der Waals surface area contributed by atoms with Gasteiger partial charge in [0.1, 0.15) is 5.56 Å². The Balaban J connectivity index is 1.27. The van der Waals surface area contributed by atoms with E-state index in [0.717, 1.165) is 10.6 Å². The van der Waals surface area contributed by atoms with Crippen LogP contribution in [0.4, 0.5) is 11.6 Å². The first kappa shape index (κ1) is 19.8. The maximum atomic E-state index is 12.8. The van der Waals surface area contributed by atoms with Crippen molar-refractivity contribution in [2.24, 2.45) is 0 Å². The molecule has 0 N–H and O–H groups in total. The van der Waals surface area contributed by atoms with Crippen LogP contribution in [-0.4, -0.2) is 79.6 Å². The number of nitrogens with zero attached hydrogens (tertiary/aromatic N) is 8. The average Bonchev–Trinajstić information content (AvgIpc) is 3.40. The molecule has 2 aliphatic rings. The lowest BCUT2D eigenvalue weighted by Crippen LogP contribution is -2.51. The van der Waals surface area contributed by atoms with E-state index in [0.29, 0.717) is 32.1 Å². The first-order valence-corrected chi connectivity index (χ1v) is 9.99. The van der Waals surface area contributed by atoms with Crippen LogP contribution in [0.3, 0.4) is 0 Å². The molecule has 3 heterocycles. The van der Waals surface area contributed by atoms with Gasteiger partial charge in [0.15, 0.2) is 0 Å². The molecule has 0 unspecified atom stereocenters. The summed E-state index contributed by atoms with van der Waals surface area (Å²) in [5.74, 6) is -0.524. The number of imide groups is 1. The molecule has 32 heavy (non-hydrogen) atoms. The predicted molar refractivity (Wildman–Crippen MR) is 111 cm³/mol. The first-order chi connectivity index (χ1) is 15.5. The van der Waals surface area contributed by atoms with Gasteiger partial charge in [0.25, 0.3) is 17.5 Å². The highest BCUT2D eigenvalue weighted by atomic mass is 16.6. The molecule has 2 amide bonds. The van der Waals surface area contributed by atoms with E-state index in [-0.39, 0.29) is 23.5 Å². The number of hydrogen-bond acceptors (Lipinski definition) is 9. The molecule has 12 nitrogen and oxygen atoms in total. The minimum Gasteiger partial charge on any atom is -0.337 e. The fraction of sp³-hybridized carbons (Fsp3) is 0.250. The van der Waals surface area contributed by atoms with Crippen LogP contribution in [0.15, 0.2) is 48.5 Å². The van der Waals surface area contributed by atoms with Crippen molar-refractivity contribution in [2.45, 2.75) is 0 Å². The number of para-hydroxylation sites is 1. The van der Waals surface area contributed by atoms with Gasteiger partial charge in [-0.1, -0.05) is 29.4 Å². The number of nitro benzene ring substituents is 1. The summed E-state index contributed by atoms with van der Waals surface area (Å²) >= 11 is 0. The molecule has 3 aromatic rings. The predicted octanol–water partition coefficient (Wildman–Crippen LogP) is 0.946. The standard InChI is InChI=1S/C20H18N8O4/c29-18-15-7-4-8-16(28(31)32)17(15)19(30)26(18)13-24-9-11-25(12-10-24)20-21-22-23-27(20)14-5-2-1-3-6-14/h1-8H,9-13H2. The lowest BCUT2D eigenvalue weighted by molar-refractivity contribution is -0.385. The van der Waals surface area contributed by atoms with Gasteiger partial charge in [-0.15, -0.1) is 0 Å². The monoisotopic (exact) mass is 434 g/mol. The maximum Gasteiger partial charge on any atom is 0.282 e. The molecular weight excluding hydrogens is 416 g/mol. The second-order valence-corrected chi connectivity index (χ2v) is 7.47. The highest BCUT2D eigenvalue weighted by molar-refractivity contribution is 6.23. The number of carbonyl (C=O) groups is 2. The number of carbonyl (C=O) groups excluding carboxylic acids is 2. The number of benzene rings is 2. The normalized spacial score (nSPS) is 16.5. The van der Waals surface area contributed by atoms with Gasteiger partial charge in [-0.25, -0.2) is 0 Å². The van der Waals surface area contributed by atoms with Crippen molar-refractivity contribution in [3.63, 3.8) is 0 Å². The summed E-state index contributed by atoms with van der Waals surface area (Å²) in [6.45, 7) is 2.39. The SMILES string of the molecule is O=C1c2cccc([N+](=O)[O-])c2C(=O)N1CN1CCN(c2nnnn2-c2ccccc2)CC1. The zero-order valence-electron chi connectivity index (χ0n) is 16.9. The third-order valence-electron chi connectivity index (χ3n) is 5.62. The van der Waals surface area contributed by atoms with Crippen molar-refractivity contribution in [1.29, 1.82) is 0 Å². The molecule has 2 aromatic carbocycles. The Labute approximate surface area is 181 Å². The fourth-order valence-corrected chi connectivity index (χ4v) is 4.00. The molecule has 0 spiro atoms. The quantitative estimate of drug-likeness (QED) is 0.327. The smallest absolute Gasteiger partial charge is 0.282 e. The lowest BCUT2D eigenvalue weighted by Gasteiger charge is -2.36. The van der Waals surface area contributed by atoms with Crippen molar-refractivity contribution in [3.05, 3.63) is 69.8 Å². The number of hydrogen-bond donors (Lipinski definition) is 0. The Morgan fingerprint density at radius 3 is 2.41 bits per heavy atom. The number of anilines is 1. The number of aromatic nitrogens is 4. The fourth-order valence-electron chi connectivity index (χ4n) is 4.00. The molecule has 0 radical (unpaired) electrons. The number of fused-ring (bicyclic) bond motifs is 1. The highest BCUT2D eigenvalue weighted by Gasteiger charge is 2.41. The summed E-state index contributed by atoms with van der Waals surface area (Å²) in [7, 11) is 0. The second kappa shape index (κ2) is 7.81. The average molecular weight is 434 g/mol. The van der Waals surface area contributed by atoms with Crippen LogP contribution in [0.25, 0.3) is 5.69 Å². The van der Waals surface area contributed by atoms with Gasteiger partial charge in [-0.3, -0.25) is 29.5 Å². The number of nitro groups is 1. The van der Waals surface area contributed by atoms with Gasteiger partial charge in [-0.05, 0) is 28.6 Å². The van der Waals surface area contributed by atoms with Crippen molar-refractivity contribution in [2.75, 3.05) is 37.7 Å². The van der Waals surface area contributed by atoms with E-state index in [9.17, 15) is 19.7 Å². The lowest BCUT2D eigenvalue weighted by atomic mass is 10.1. The molecule has 1 saturated heterocycles. The number of tetrazole rings is 1. The first-order valence-electron chi connectivity index (χ1n) is 9.99. The van der Waals surface area contributed by atoms with Crippen LogP contribution >= 0.6 is 0 Å². The number of piperazine rings is 1. The van der Waals surface area contributed by atoms with E-state index in [2.05, 4.69) is 15.5 Å². The zero-order chi connectivity index (χ0) is 22.2. The number of rotatable bonds is 5. The van der Waals surface area contributed by atoms with Crippen LogP contribution in [0, 0.1) is 10.1 Å². The van der Waals surface area contributed by atoms with E-state index in [1.807, 2.05) is 40.1 Å². The Bertz CT molecular complexity index is 1200. The van der Waals surface area contributed by atoms with Crippen LogP contribution < -0.4 is 4.90 Å². The van der Waals surface area contributed by atoms with Crippen molar-refractivity contribution >= 4 is 23.5 Å². The molecule has 0 atom stereocenters. The molecule has 0 saturated carbocycles. The molecule has 12 heteroatoms. The second-order valence-electron chi connectivity index (χ2n) is 7.47. The Morgan fingerprint density at radius 2 is 1.69 bits per heavy atom. The molecule has 5 rings (SSSR count). The Kier molecular flexibility index (Phi) is 4.82.